The number of anilines is 1. The average Bonchev–Trinajstić information content (AvgIpc) is 3.23. The van der Waals surface area contributed by atoms with Crippen molar-refractivity contribution in [3.8, 4) is 0 Å². The molecule has 1 fully saturated rings. The van der Waals surface area contributed by atoms with Crippen molar-refractivity contribution in [2.24, 2.45) is 10.9 Å². The molecule has 0 aliphatic heterocycles. The Kier molecular flexibility index (Phi) is 4.01. The minimum atomic E-state index is -4.39. The second-order valence-electron chi connectivity index (χ2n) is 4.67. The van der Waals surface area contributed by atoms with Gasteiger partial charge in [0, 0.05) is 25.2 Å². The van der Waals surface area contributed by atoms with E-state index in [1.54, 1.807) is 0 Å². The first-order valence-electron chi connectivity index (χ1n) is 6.18. The second kappa shape index (κ2) is 5.56. The number of amidine groups is 1. The number of oxime groups is 1. The van der Waals surface area contributed by atoms with Crippen molar-refractivity contribution < 1.29 is 18.4 Å². The molecule has 0 radical (unpaired) electrons. The summed E-state index contributed by atoms with van der Waals surface area (Å²) < 4.78 is 37.4. The molecule has 0 amide bonds. The smallest absolute Gasteiger partial charge is 0.409 e. The first-order valence-corrected chi connectivity index (χ1v) is 6.18. The molecule has 1 saturated carbocycles. The quantitative estimate of drug-likeness (QED) is 0.377. The lowest BCUT2D eigenvalue weighted by atomic mass is 10.2. The molecule has 0 bridgehead atoms. The van der Waals surface area contributed by atoms with E-state index in [-0.39, 0.29) is 11.9 Å². The third kappa shape index (κ3) is 3.52. The molecule has 0 unspecified atom stereocenters. The number of halogens is 3. The zero-order valence-electron chi connectivity index (χ0n) is 10.6. The van der Waals surface area contributed by atoms with E-state index in [0.717, 1.165) is 25.1 Å². The molecule has 3 N–H and O–H groups in total. The standard InChI is InChI=1S/C12H15F3N4O/c13-12(14,15)8-1-4-11(17-7-8)19(9-2-3-9)6-5-10(16)18-20/h1,4,7,9,20H,2-3,5-6H2,(H2,16,18). The van der Waals surface area contributed by atoms with Crippen molar-refractivity contribution in [2.45, 2.75) is 31.5 Å². The molecule has 1 aliphatic carbocycles. The molecule has 0 atom stereocenters. The maximum atomic E-state index is 12.5. The van der Waals surface area contributed by atoms with Crippen molar-refractivity contribution in [1.82, 2.24) is 4.98 Å². The van der Waals surface area contributed by atoms with Gasteiger partial charge in [0.05, 0.1) is 5.56 Å². The fourth-order valence-electron chi connectivity index (χ4n) is 1.88. The number of hydrogen-bond acceptors (Lipinski definition) is 4. The molecule has 8 heteroatoms. The van der Waals surface area contributed by atoms with Crippen LogP contribution in [0.5, 0.6) is 0 Å². The van der Waals surface area contributed by atoms with Crippen molar-refractivity contribution in [3.05, 3.63) is 23.9 Å². The lowest BCUT2D eigenvalue weighted by Crippen LogP contribution is -2.31. The van der Waals surface area contributed by atoms with Crippen LogP contribution in [0, 0.1) is 0 Å². The first kappa shape index (κ1) is 14.4. The van der Waals surface area contributed by atoms with Crippen LogP contribution < -0.4 is 10.6 Å². The number of aromatic nitrogens is 1. The van der Waals surface area contributed by atoms with Gasteiger partial charge in [-0.2, -0.15) is 13.2 Å². The van der Waals surface area contributed by atoms with Gasteiger partial charge in [0.25, 0.3) is 0 Å². The van der Waals surface area contributed by atoms with Gasteiger partial charge in [0.15, 0.2) is 0 Å². The van der Waals surface area contributed by atoms with Crippen LogP contribution in [-0.4, -0.2) is 28.6 Å². The van der Waals surface area contributed by atoms with Crippen molar-refractivity contribution in [2.75, 3.05) is 11.4 Å². The summed E-state index contributed by atoms with van der Waals surface area (Å²) in [5, 5.41) is 11.4. The van der Waals surface area contributed by atoms with Crippen LogP contribution in [0.1, 0.15) is 24.8 Å². The summed E-state index contributed by atoms with van der Waals surface area (Å²) in [7, 11) is 0. The maximum absolute atomic E-state index is 12.5. The van der Waals surface area contributed by atoms with Gasteiger partial charge >= 0.3 is 6.18 Å². The Morgan fingerprint density at radius 1 is 1.45 bits per heavy atom. The SMILES string of the molecule is NC(CCN(c1ccc(C(F)(F)F)cn1)C1CC1)=NO. The Hall–Kier alpha value is -1.99. The summed E-state index contributed by atoms with van der Waals surface area (Å²) >= 11 is 0. The van der Waals surface area contributed by atoms with Crippen molar-refractivity contribution in [3.63, 3.8) is 0 Å². The van der Waals surface area contributed by atoms with Crippen LogP contribution in [0.4, 0.5) is 19.0 Å². The van der Waals surface area contributed by atoms with Crippen LogP contribution in [0.15, 0.2) is 23.5 Å². The van der Waals surface area contributed by atoms with E-state index >= 15 is 0 Å². The van der Waals surface area contributed by atoms with Crippen LogP contribution in [0.2, 0.25) is 0 Å². The Labute approximate surface area is 113 Å². The highest BCUT2D eigenvalue weighted by Gasteiger charge is 2.33. The fraction of sp³-hybridized carbons (Fsp3) is 0.500. The summed E-state index contributed by atoms with van der Waals surface area (Å²) in [6.07, 6.45) is -1.29. The number of nitrogens with two attached hydrogens (primary N) is 1. The summed E-state index contributed by atoms with van der Waals surface area (Å²) in [5.74, 6) is 0.564. The Balaban J connectivity index is 2.09. The van der Waals surface area contributed by atoms with Crippen LogP contribution in [0.3, 0.4) is 0 Å². The first-order chi connectivity index (χ1) is 9.41. The lowest BCUT2D eigenvalue weighted by Gasteiger charge is -2.23. The van der Waals surface area contributed by atoms with E-state index in [0.29, 0.717) is 18.8 Å². The molecule has 1 aliphatic rings. The molecule has 1 aromatic rings. The van der Waals surface area contributed by atoms with Gasteiger partial charge in [-0.3, -0.25) is 0 Å². The van der Waals surface area contributed by atoms with E-state index in [1.165, 1.54) is 6.07 Å². The minimum absolute atomic E-state index is 0.0857. The van der Waals surface area contributed by atoms with Crippen LogP contribution in [-0.2, 0) is 6.18 Å². The van der Waals surface area contributed by atoms with Crippen molar-refractivity contribution >= 4 is 11.7 Å². The summed E-state index contributed by atoms with van der Waals surface area (Å²) in [5.41, 5.74) is 4.64. The Bertz CT molecular complexity index is 482. The number of hydrogen-bond donors (Lipinski definition) is 2. The summed E-state index contributed by atoms with van der Waals surface area (Å²) in [6, 6.07) is 2.64. The minimum Gasteiger partial charge on any atom is -0.409 e. The fourth-order valence-corrected chi connectivity index (χ4v) is 1.88. The molecule has 5 nitrogen and oxygen atoms in total. The molecular weight excluding hydrogens is 273 g/mol. The predicted octanol–water partition coefficient (Wildman–Crippen LogP) is 2.21. The van der Waals surface area contributed by atoms with E-state index in [2.05, 4.69) is 10.1 Å². The van der Waals surface area contributed by atoms with E-state index in [1.807, 2.05) is 4.90 Å². The summed E-state index contributed by atoms with van der Waals surface area (Å²) in [6.45, 7) is 0.457. The normalized spacial score (nSPS) is 16.2. The van der Waals surface area contributed by atoms with Gasteiger partial charge < -0.3 is 15.8 Å². The van der Waals surface area contributed by atoms with Crippen LogP contribution >= 0.6 is 0 Å². The third-order valence-electron chi connectivity index (χ3n) is 3.09. The second-order valence-corrected chi connectivity index (χ2v) is 4.67. The highest BCUT2D eigenvalue weighted by Crippen LogP contribution is 2.33. The molecular formula is C12H15F3N4O. The highest BCUT2D eigenvalue weighted by atomic mass is 19.4. The van der Waals surface area contributed by atoms with Gasteiger partial charge in [-0.1, -0.05) is 5.16 Å². The average molecular weight is 288 g/mol. The monoisotopic (exact) mass is 288 g/mol. The van der Waals surface area contributed by atoms with Crippen LogP contribution in [0.25, 0.3) is 0 Å². The van der Waals surface area contributed by atoms with Gasteiger partial charge in [-0.15, -0.1) is 0 Å². The highest BCUT2D eigenvalue weighted by molar-refractivity contribution is 5.80. The maximum Gasteiger partial charge on any atom is 0.417 e. The van der Waals surface area contributed by atoms with Gasteiger partial charge in [0.1, 0.15) is 11.7 Å². The van der Waals surface area contributed by atoms with Gasteiger partial charge in [-0.25, -0.2) is 4.98 Å². The number of pyridine rings is 1. The zero-order valence-corrected chi connectivity index (χ0v) is 10.6. The number of nitrogens with zero attached hydrogens (tertiary/aromatic N) is 3. The molecule has 0 aromatic carbocycles. The third-order valence-corrected chi connectivity index (χ3v) is 3.09. The number of rotatable bonds is 5. The topological polar surface area (TPSA) is 74.7 Å². The molecule has 110 valence electrons. The Morgan fingerprint density at radius 3 is 2.60 bits per heavy atom. The van der Waals surface area contributed by atoms with E-state index in [4.69, 9.17) is 10.9 Å². The van der Waals surface area contributed by atoms with Crippen molar-refractivity contribution in [1.29, 1.82) is 0 Å². The molecule has 2 rings (SSSR count). The molecule has 1 aromatic heterocycles. The van der Waals surface area contributed by atoms with E-state index < -0.39 is 11.7 Å². The van der Waals surface area contributed by atoms with Gasteiger partial charge in [0.2, 0.25) is 0 Å². The van der Waals surface area contributed by atoms with Gasteiger partial charge in [-0.05, 0) is 25.0 Å². The largest absolute Gasteiger partial charge is 0.417 e. The zero-order chi connectivity index (χ0) is 14.8. The molecule has 20 heavy (non-hydrogen) atoms. The molecule has 0 saturated heterocycles. The molecule has 0 spiro atoms. The number of alkyl halides is 3. The summed E-state index contributed by atoms with van der Waals surface area (Å²) in [4.78, 5) is 5.76. The lowest BCUT2D eigenvalue weighted by molar-refractivity contribution is -0.137. The Morgan fingerprint density at radius 2 is 2.15 bits per heavy atom. The molecule has 1 heterocycles. The predicted molar refractivity (Wildman–Crippen MR) is 67.6 cm³/mol. The van der Waals surface area contributed by atoms with E-state index in [9.17, 15) is 13.2 Å².